The van der Waals surface area contributed by atoms with Crippen molar-refractivity contribution in [1.82, 2.24) is 0 Å². The number of rotatable bonds is 21. The summed E-state index contributed by atoms with van der Waals surface area (Å²) in [5.41, 5.74) is 3.95. The number of ether oxygens (including phenoxy) is 1. The molecule has 1 unspecified atom stereocenters. The van der Waals surface area contributed by atoms with Crippen molar-refractivity contribution in [3.05, 3.63) is 6.61 Å². The molecule has 0 bridgehead atoms. The van der Waals surface area contributed by atoms with Crippen LogP contribution >= 0.6 is 7.82 Å². The third-order valence-corrected chi connectivity index (χ3v) is 6.92. The fourth-order valence-corrected chi connectivity index (χ4v) is 4.60. The van der Waals surface area contributed by atoms with Gasteiger partial charge in [0, 0.05) is 0 Å². The number of nitrogens with two attached hydrogens (primary N) is 1. The van der Waals surface area contributed by atoms with Crippen LogP contribution in [0.25, 0.3) is 0 Å². The SMILES string of the molecule is CCCCCCCCCCCCCCCCCCOP(=O)(O)OC[C@@]1(N)O[CH][C@@H](O)[C@@H]1O. The van der Waals surface area contributed by atoms with Crippen LogP contribution in [0.4, 0.5) is 0 Å². The number of hydrogen-bond donors (Lipinski definition) is 4. The lowest BCUT2D eigenvalue weighted by atomic mass is 10.0. The van der Waals surface area contributed by atoms with Crippen molar-refractivity contribution in [2.75, 3.05) is 13.2 Å². The van der Waals surface area contributed by atoms with Gasteiger partial charge in [-0.1, -0.05) is 103 Å². The average molecular weight is 481 g/mol. The number of unbranched alkanes of at least 4 members (excludes halogenated alkanes) is 15. The van der Waals surface area contributed by atoms with Crippen LogP contribution in [-0.2, 0) is 18.3 Å². The van der Waals surface area contributed by atoms with E-state index in [1.807, 2.05) is 0 Å². The predicted molar refractivity (Wildman–Crippen MR) is 126 cm³/mol. The molecule has 5 N–H and O–H groups in total. The van der Waals surface area contributed by atoms with E-state index < -0.39 is 32.4 Å². The Bertz CT molecular complexity index is 511. The van der Waals surface area contributed by atoms with Crippen molar-refractivity contribution in [2.45, 2.75) is 128 Å². The molecule has 0 spiro atoms. The summed E-state index contributed by atoms with van der Waals surface area (Å²) in [6, 6.07) is 0. The topological polar surface area (TPSA) is 131 Å². The van der Waals surface area contributed by atoms with Gasteiger partial charge in [0.15, 0.2) is 5.72 Å². The molecule has 0 saturated carbocycles. The number of phosphoric acid groups is 1. The van der Waals surface area contributed by atoms with Crippen LogP contribution < -0.4 is 5.73 Å². The molecule has 32 heavy (non-hydrogen) atoms. The van der Waals surface area contributed by atoms with Gasteiger partial charge in [0.05, 0.1) is 6.61 Å². The Morgan fingerprint density at radius 3 is 1.69 bits per heavy atom. The maximum Gasteiger partial charge on any atom is 0.472 e. The van der Waals surface area contributed by atoms with E-state index in [4.69, 9.17) is 19.5 Å². The smallest absolute Gasteiger partial charge is 0.387 e. The van der Waals surface area contributed by atoms with E-state index in [9.17, 15) is 19.7 Å². The molecule has 4 atom stereocenters. The van der Waals surface area contributed by atoms with E-state index in [1.165, 1.54) is 83.5 Å². The minimum atomic E-state index is -4.29. The summed E-state index contributed by atoms with van der Waals surface area (Å²) in [4.78, 5) is 9.71. The van der Waals surface area contributed by atoms with Crippen LogP contribution in [0.2, 0.25) is 0 Å². The van der Waals surface area contributed by atoms with Gasteiger partial charge in [0.2, 0.25) is 0 Å². The average Bonchev–Trinajstić information content (AvgIpc) is 3.02. The Balaban J connectivity index is 1.87. The summed E-state index contributed by atoms with van der Waals surface area (Å²) in [7, 11) is -4.29. The number of hydrogen-bond acceptors (Lipinski definition) is 7. The highest BCUT2D eigenvalue weighted by Gasteiger charge is 2.48. The molecule has 0 aliphatic carbocycles. The van der Waals surface area contributed by atoms with E-state index in [0.717, 1.165) is 19.4 Å². The first-order valence-corrected chi connectivity index (χ1v) is 14.1. The van der Waals surface area contributed by atoms with Crippen molar-refractivity contribution in [2.24, 2.45) is 5.73 Å². The Kier molecular flexibility index (Phi) is 16.3. The Labute approximate surface area is 194 Å². The third-order valence-electron chi connectivity index (χ3n) is 5.96. The van der Waals surface area contributed by atoms with Crippen LogP contribution in [-0.4, -0.2) is 46.3 Å². The minimum absolute atomic E-state index is 0.113. The highest BCUT2D eigenvalue weighted by Crippen LogP contribution is 2.44. The van der Waals surface area contributed by atoms with Crippen molar-refractivity contribution in [3.8, 4) is 0 Å². The molecule has 191 valence electrons. The summed E-state index contributed by atoms with van der Waals surface area (Å²) in [6.45, 7) is 2.76. The molecule has 0 aromatic heterocycles. The van der Waals surface area contributed by atoms with Gasteiger partial charge in [-0.05, 0) is 6.42 Å². The predicted octanol–water partition coefficient (Wildman–Crippen LogP) is 4.95. The molecule has 8 nitrogen and oxygen atoms in total. The molecule has 1 radical (unpaired) electrons. The van der Waals surface area contributed by atoms with E-state index in [1.54, 1.807) is 0 Å². The first-order chi connectivity index (χ1) is 15.3. The lowest BCUT2D eigenvalue weighted by molar-refractivity contribution is -0.0827. The second-order valence-corrected chi connectivity index (χ2v) is 10.5. The number of aliphatic hydroxyl groups is 2. The zero-order valence-corrected chi connectivity index (χ0v) is 20.9. The molecular formula is C23H47NO7P. The Morgan fingerprint density at radius 2 is 1.28 bits per heavy atom. The van der Waals surface area contributed by atoms with Crippen molar-refractivity contribution in [1.29, 1.82) is 0 Å². The second kappa shape index (κ2) is 17.4. The molecular weight excluding hydrogens is 433 g/mol. The van der Waals surface area contributed by atoms with Gasteiger partial charge in [-0.2, -0.15) is 0 Å². The molecule has 1 rings (SSSR count). The first kappa shape index (κ1) is 30.0. The van der Waals surface area contributed by atoms with Gasteiger partial charge < -0.3 is 19.8 Å². The minimum Gasteiger partial charge on any atom is -0.387 e. The molecule has 1 aliphatic rings. The molecule has 1 heterocycles. The monoisotopic (exact) mass is 480 g/mol. The summed E-state index contributed by atoms with van der Waals surface area (Å²) >= 11 is 0. The summed E-state index contributed by atoms with van der Waals surface area (Å²) < 4.78 is 26.6. The van der Waals surface area contributed by atoms with Gasteiger partial charge in [-0.15, -0.1) is 0 Å². The standard InChI is InChI=1S/C23H47NO7P/c1-2-3-4-5-6-7-8-9-10-11-12-13-14-15-16-17-18-30-32(27,28)31-20-23(24)22(26)21(25)19-29-23/h19,21-22,25-26H,2-18,20,24H2,1H3,(H,27,28)/t21-,22+,23-/m1/s1. The van der Waals surface area contributed by atoms with Gasteiger partial charge in [-0.3, -0.25) is 14.8 Å². The molecule has 1 fully saturated rings. The molecule has 0 aromatic carbocycles. The zero-order chi connectivity index (χ0) is 23.7. The first-order valence-electron chi connectivity index (χ1n) is 12.6. The zero-order valence-electron chi connectivity index (χ0n) is 20.0. The molecule has 0 amide bonds. The molecule has 1 saturated heterocycles. The summed E-state index contributed by atoms with van der Waals surface area (Å²) in [5, 5.41) is 19.1. The van der Waals surface area contributed by atoms with Crippen LogP contribution in [0.1, 0.15) is 110 Å². The lowest BCUT2D eigenvalue weighted by Crippen LogP contribution is -2.54. The van der Waals surface area contributed by atoms with Gasteiger partial charge in [0.25, 0.3) is 0 Å². The van der Waals surface area contributed by atoms with Crippen LogP contribution in [0.3, 0.4) is 0 Å². The maximum atomic E-state index is 11.9. The molecule has 9 heteroatoms. The fraction of sp³-hybridized carbons (Fsp3) is 0.957. The third kappa shape index (κ3) is 13.6. The van der Waals surface area contributed by atoms with Crippen molar-refractivity contribution >= 4 is 7.82 Å². The normalized spacial score (nSPS) is 25.3. The fourth-order valence-electron chi connectivity index (χ4n) is 3.80. The second-order valence-electron chi connectivity index (χ2n) is 9.02. The van der Waals surface area contributed by atoms with Gasteiger partial charge >= 0.3 is 7.82 Å². The Morgan fingerprint density at radius 1 is 0.844 bits per heavy atom. The number of phosphoric ester groups is 1. The largest absolute Gasteiger partial charge is 0.472 e. The van der Waals surface area contributed by atoms with Crippen molar-refractivity contribution in [3.63, 3.8) is 0 Å². The number of aliphatic hydroxyl groups excluding tert-OH is 2. The Hall–Kier alpha value is -0.0500. The van der Waals surface area contributed by atoms with E-state index in [-0.39, 0.29) is 6.61 Å². The highest BCUT2D eigenvalue weighted by molar-refractivity contribution is 7.47. The maximum absolute atomic E-state index is 11.9. The van der Waals surface area contributed by atoms with Crippen LogP contribution in [0.15, 0.2) is 0 Å². The molecule has 0 aromatic rings. The summed E-state index contributed by atoms with van der Waals surface area (Å²) in [6.07, 6.45) is 17.4. The van der Waals surface area contributed by atoms with Crippen molar-refractivity contribution < 1.29 is 33.5 Å². The quantitative estimate of drug-likeness (QED) is 0.134. The van der Waals surface area contributed by atoms with Crippen LogP contribution in [0, 0.1) is 6.61 Å². The van der Waals surface area contributed by atoms with E-state index in [2.05, 4.69) is 6.92 Å². The van der Waals surface area contributed by atoms with Gasteiger partial charge in [0.1, 0.15) is 25.4 Å². The highest BCUT2D eigenvalue weighted by atomic mass is 31.2. The van der Waals surface area contributed by atoms with Gasteiger partial charge in [-0.25, -0.2) is 4.57 Å². The lowest BCUT2D eigenvalue weighted by Gasteiger charge is -2.27. The van der Waals surface area contributed by atoms with E-state index >= 15 is 0 Å². The summed E-state index contributed by atoms with van der Waals surface area (Å²) in [5.74, 6) is 0. The molecule has 1 aliphatic heterocycles. The van der Waals surface area contributed by atoms with Crippen LogP contribution in [0.5, 0.6) is 0 Å². The van der Waals surface area contributed by atoms with E-state index in [0.29, 0.717) is 6.42 Å².